The normalized spacial score (nSPS) is 19.7. The predicted molar refractivity (Wildman–Crippen MR) is 76.4 cm³/mol. The van der Waals surface area contributed by atoms with Gasteiger partial charge < -0.3 is 10.2 Å². The summed E-state index contributed by atoms with van der Waals surface area (Å²) in [6.07, 6.45) is 1.18. The van der Waals surface area contributed by atoms with Crippen molar-refractivity contribution in [3.63, 3.8) is 0 Å². The van der Waals surface area contributed by atoms with Crippen LogP contribution in [0.4, 0.5) is 5.69 Å². The van der Waals surface area contributed by atoms with Crippen molar-refractivity contribution < 1.29 is 0 Å². The summed E-state index contributed by atoms with van der Waals surface area (Å²) in [6.45, 7) is 2.24. The maximum absolute atomic E-state index is 11.1. The molecule has 0 aliphatic carbocycles. The Hall–Kier alpha value is -2.01. The monoisotopic (exact) mass is 258 g/mol. The van der Waals surface area contributed by atoms with Gasteiger partial charge in [0.1, 0.15) is 0 Å². The highest BCUT2D eigenvalue weighted by Crippen LogP contribution is 2.20. The number of rotatable bonds is 3. The molecular formula is C14H18N4O. The first-order chi connectivity index (χ1) is 9.20. The second kappa shape index (κ2) is 4.93. The van der Waals surface area contributed by atoms with Gasteiger partial charge in [-0.25, -0.2) is 0 Å². The fraction of sp³-hybridized carbons (Fsp3) is 0.357. The van der Waals surface area contributed by atoms with Crippen LogP contribution in [0.1, 0.15) is 6.42 Å². The van der Waals surface area contributed by atoms with Crippen LogP contribution in [0, 0.1) is 0 Å². The Morgan fingerprint density at radius 1 is 1.26 bits per heavy atom. The number of H-pyrrole nitrogens is 2. The zero-order chi connectivity index (χ0) is 13.2. The molecule has 0 spiro atoms. The third kappa shape index (κ3) is 2.71. The molecule has 2 heterocycles. The van der Waals surface area contributed by atoms with E-state index < -0.39 is 0 Å². The number of benzene rings is 1. The van der Waals surface area contributed by atoms with E-state index in [1.807, 2.05) is 12.1 Å². The molecule has 0 bridgehead atoms. The third-order valence-corrected chi connectivity index (χ3v) is 3.55. The lowest BCUT2D eigenvalue weighted by atomic mass is 10.1. The van der Waals surface area contributed by atoms with Crippen LogP contribution in [-0.2, 0) is 0 Å². The van der Waals surface area contributed by atoms with Crippen LogP contribution >= 0.6 is 0 Å². The maximum atomic E-state index is 11.1. The van der Waals surface area contributed by atoms with E-state index in [1.165, 1.54) is 6.42 Å². The van der Waals surface area contributed by atoms with Crippen molar-refractivity contribution in [2.45, 2.75) is 12.5 Å². The van der Waals surface area contributed by atoms with Crippen LogP contribution in [0.3, 0.4) is 0 Å². The van der Waals surface area contributed by atoms with Gasteiger partial charge in [0.2, 0.25) is 0 Å². The average molecular weight is 258 g/mol. The highest BCUT2D eigenvalue weighted by molar-refractivity contribution is 5.62. The molecule has 3 rings (SSSR count). The molecule has 100 valence electrons. The fourth-order valence-electron chi connectivity index (χ4n) is 2.52. The lowest BCUT2D eigenvalue weighted by Crippen LogP contribution is -2.23. The van der Waals surface area contributed by atoms with E-state index in [1.54, 1.807) is 6.07 Å². The molecule has 5 nitrogen and oxygen atoms in total. The largest absolute Gasteiger partial charge is 0.381 e. The Bertz CT molecular complexity index is 598. The van der Waals surface area contributed by atoms with Gasteiger partial charge in [-0.1, -0.05) is 12.1 Å². The van der Waals surface area contributed by atoms with Crippen molar-refractivity contribution in [1.82, 2.24) is 15.1 Å². The Morgan fingerprint density at radius 3 is 2.63 bits per heavy atom. The minimum Gasteiger partial charge on any atom is -0.381 e. The highest BCUT2D eigenvalue weighted by atomic mass is 16.1. The van der Waals surface area contributed by atoms with E-state index in [-0.39, 0.29) is 5.56 Å². The molecule has 19 heavy (non-hydrogen) atoms. The number of nitrogens with one attached hydrogen (secondary N) is 3. The van der Waals surface area contributed by atoms with Crippen molar-refractivity contribution in [2.75, 3.05) is 25.5 Å². The van der Waals surface area contributed by atoms with E-state index in [2.05, 4.69) is 39.6 Å². The number of nitrogens with zero attached hydrogens (tertiary/aromatic N) is 1. The van der Waals surface area contributed by atoms with E-state index >= 15 is 0 Å². The second-order valence-electron chi connectivity index (χ2n) is 5.14. The van der Waals surface area contributed by atoms with Gasteiger partial charge in [-0.15, -0.1) is 0 Å². The third-order valence-electron chi connectivity index (χ3n) is 3.55. The maximum Gasteiger partial charge on any atom is 0.264 e. The first kappa shape index (κ1) is 12.0. The SMILES string of the molecule is CN1CCC(Nc2ccc(-c3cc(=O)[nH][nH]3)cc2)C1. The Labute approximate surface area is 111 Å². The van der Waals surface area contributed by atoms with E-state index in [4.69, 9.17) is 0 Å². The number of hydrogen-bond donors (Lipinski definition) is 3. The van der Waals surface area contributed by atoms with E-state index in [0.29, 0.717) is 6.04 Å². The van der Waals surface area contributed by atoms with Gasteiger partial charge in [-0.05, 0) is 37.7 Å². The summed E-state index contributed by atoms with van der Waals surface area (Å²) in [7, 11) is 2.15. The predicted octanol–water partition coefficient (Wildman–Crippen LogP) is 1.49. The van der Waals surface area contributed by atoms with Gasteiger partial charge in [0.25, 0.3) is 5.56 Å². The van der Waals surface area contributed by atoms with Gasteiger partial charge in [0, 0.05) is 24.3 Å². The smallest absolute Gasteiger partial charge is 0.264 e. The minimum absolute atomic E-state index is 0.105. The number of aromatic nitrogens is 2. The number of likely N-dealkylation sites (N-methyl/N-ethyl adjacent to an activating group) is 1. The quantitative estimate of drug-likeness (QED) is 0.781. The molecule has 0 saturated carbocycles. The van der Waals surface area contributed by atoms with Crippen LogP contribution in [0.5, 0.6) is 0 Å². The molecule has 1 aliphatic heterocycles. The fourth-order valence-corrected chi connectivity index (χ4v) is 2.52. The molecule has 1 atom stereocenters. The van der Waals surface area contributed by atoms with Crippen molar-refractivity contribution in [2.24, 2.45) is 0 Å². The van der Waals surface area contributed by atoms with Gasteiger partial charge in [-0.2, -0.15) is 0 Å². The minimum atomic E-state index is -0.105. The van der Waals surface area contributed by atoms with Crippen molar-refractivity contribution >= 4 is 5.69 Å². The second-order valence-corrected chi connectivity index (χ2v) is 5.14. The zero-order valence-corrected chi connectivity index (χ0v) is 10.9. The van der Waals surface area contributed by atoms with Crippen LogP contribution in [-0.4, -0.2) is 41.3 Å². The van der Waals surface area contributed by atoms with E-state index in [9.17, 15) is 4.79 Å². The zero-order valence-electron chi connectivity index (χ0n) is 10.9. The molecule has 0 radical (unpaired) electrons. The highest BCUT2D eigenvalue weighted by Gasteiger charge is 2.18. The Balaban J connectivity index is 1.70. The first-order valence-corrected chi connectivity index (χ1v) is 6.54. The number of likely N-dealkylation sites (tertiary alicyclic amines) is 1. The van der Waals surface area contributed by atoms with Crippen molar-refractivity contribution in [1.29, 1.82) is 0 Å². The summed E-state index contributed by atoms with van der Waals surface area (Å²) in [5.74, 6) is 0. The first-order valence-electron chi connectivity index (χ1n) is 6.54. The molecule has 1 aromatic heterocycles. The van der Waals surface area contributed by atoms with Gasteiger partial charge >= 0.3 is 0 Å². The molecule has 1 saturated heterocycles. The van der Waals surface area contributed by atoms with Crippen molar-refractivity contribution in [3.8, 4) is 11.3 Å². The molecule has 1 aliphatic rings. The van der Waals surface area contributed by atoms with Gasteiger partial charge in [0.15, 0.2) is 0 Å². The Kier molecular flexibility index (Phi) is 3.13. The summed E-state index contributed by atoms with van der Waals surface area (Å²) < 4.78 is 0. The number of hydrogen-bond acceptors (Lipinski definition) is 3. The van der Waals surface area contributed by atoms with Crippen LogP contribution in [0.25, 0.3) is 11.3 Å². The van der Waals surface area contributed by atoms with Gasteiger partial charge in [0.05, 0.1) is 5.69 Å². The van der Waals surface area contributed by atoms with Crippen LogP contribution < -0.4 is 10.9 Å². The Morgan fingerprint density at radius 2 is 2.05 bits per heavy atom. The average Bonchev–Trinajstić information content (AvgIpc) is 3.00. The summed E-state index contributed by atoms with van der Waals surface area (Å²) in [6, 6.07) is 10.2. The topological polar surface area (TPSA) is 63.9 Å². The van der Waals surface area contributed by atoms with Gasteiger partial charge in [-0.3, -0.25) is 15.0 Å². The van der Waals surface area contributed by atoms with E-state index in [0.717, 1.165) is 30.0 Å². The summed E-state index contributed by atoms with van der Waals surface area (Å²) >= 11 is 0. The molecule has 5 heteroatoms. The summed E-state index contributed by atoms with van der Waals surface area (Å²) in [5.41, 5.74) is 2.85. The molecular weight excluding hydrogens is 240 g/mol. The number of anilines is 1. The summed E-state index contributed by atoms with van der Waals surface area (Å²) in [4.78, 5) is 13.4. The van der Waals surface area contributed by atoms with Crippen LogP contribution in [0.2, 0.25) is 0 Å². The molecule has 0 amide bonds. The number of aromatic amines is 2. The molecule has 1 fully saturated rings. The summed E-state index contributed by atoms with van der Waals surface area (Å²) in [5, 5.41) is 8.93. The van der Waals surface area contributed by atoms with Crippen molar-refractivity contribution in [3.05, 3.63) is 40.7 Å². The van der Waals surface area contributed by atoms with Crippen LogP contribution in [0.15, 0.2) is 35.1 Å². The lowest BCUT2D eigenvalue weighted by molar-refractivity contribution is 0.414. The molecule has 1 aromatic carbocycles. The standard InChI is InChI=1S/C14H18N4O/c1-18-7-6-12(9-18)15-11-4-2-10(3-5-11)13-8-14(19)17-16-13/h2-5,8,12,15H,6-7,9H2,1H3,(H2,16,17,19). The lowest BCUT2D eigenvalue weighted by Gasteiger charge is -2.14. The molecule has 2 aromatic rings. The molecule has 1 unspecified atom stereocenters. The molecule has 3 N–H and O–H groups in total.